The second kappa shape index (κ2) is 5.03. The van der Waals surface area contributed by atoms with Crippen molar-refractivity contribution in [2.24, 2.45) is 4.99 Å². The Labute approximate surface area is 139 Å². The Morgan fingerprint density at radius 2 is 2.17 bits per heavy atom. The molecule has 2 aliphatic heterocycles. The van der Waals surface area contributed by atoms with E-state index in [1.807, 2.05) is 19.2 Å². The number of aryl methyl sites for hydroxylation is 1. The lowest BCUT2D eigenvalue weighted by atomic mass is 9.77. The zero-order valence-corrected chi connectivity index (χ0v) is 13.3. The molecule has 0 saturated carbocycles. The summed E-state index contributed by atoms with van der Waals surface area (Å²) in [4.78, 5) is 29.3. The number of nitrogens with one attached hydrogen (secondary N) is 1. The lowest BCUT2D eigenvalue weighted by Gasteiger charge is -2.37. The molecule has 5 heteroatoms. The first kappa shape index (κ1) is 14.6. The Bertz CT molecular complexity index is 905. The molecule has 24 heavy (non-hydrogen) atoms. The van der Waals surface area contributed by atoms with Crippen molar-refractivity contribution in [3.05, 3.63) is 65.0 Å². The number of hydrogen-bond acceptors (Lipinski definition) is 5. The van der Waals surface area contributed by atoms with E-state index in [0.717, 1.165) is 11.1 Å². The van der Waals surface area contributed by atoms with Crippen molar-refractivity contribution < 1.29 is 9.59 Å². The second-order valence-electron chi connectivity index (χ2n) is 6.38. The van der Waals surface area contributed by atoms with Crippen LogP contribution in [0.15, 0.2) is 58.9 Å². The molecule has 0 fully saturated rings. The molecular formula is C19H17N3O2. The van der Waals surface area contributed by atoms with Gasteiger partial charge < -0.3 is 11.1 Å². The van der Waals surface area contributed by atoms with Crippen LogP contribution in [0.5, 0.6) is 0 Å². The molecule has 2 heterocycles. The highest BCUT2D eigenvalue weighted by Crippen LogP contribution is 2.41. The van der Waals surface area contributed by atoms with Gasteiger partial charge in [-0.05, 0) is 67.5 Å². The number of ketones is 2. The third-order valence-corrected chi connectivity index (χ3v) is 4.85. The number of benzene rings is 1. The number of aliphatic imine (C=N–C) groups is 1. The quantitative estimate of drug-likeness (QED) is 0.647. The summed E-state index contributed by atoms with van der Waals surface area (Å²) < 4.78 is 0. The maximum Gasteiger partial charge on any atom is 0.207 e. The van der Waals surface area contributed by atoms with Gasteiger partial charge in [-0.1, -0.05) is 0 Å². The normalized spacial score (nSPS) is 24.4. The number of nitrogens with zero attached hydrogens (tertiary/aromatic N) is 1. The predicted molar refractivity (Wildman–Crippen MR) is 92.8 cm³/mol. The highest BCUT2D eigenvalue weighted by molar-refractivity contribution is 6.46. The van der Waals surface area contributed by atoms with E-state index < -0.39 is 5.54 Å². The molecule has 0 aromatic heterocycles. The number of Topliss-reactive ketones (excluding diaryl/α,β-unsaturated/α-hetero) is 1. The average Bonchev–Trinajstić information content (AvgIpc) is 2.94. The average molecular weight is 319 g/mol. The fourth-order valence-corrected chi connectivity index (χ4v) is 3.59. The Morgan fingerprint density at radius 3 is 2.96 bits per heavy atom. The van der Waals surface area contributed by atoms with Crippen LogP contribution in [0.1, 0.15) is 28.8 Å². The molecule has 1 aromatic carbocycles. The third-order valence-electron chi connectivity index (χ3n) is 4.85. The van der Waals surface area contributed by atoms with E-state index in [9.17, 15) is 9.59 Å². The fourth-order valence-electron chi connectivity index (χ4n) is 3.59. The van der Waals surface area contributed by atoms with Gasteiger partial charge in [-0.15, -0.1) is 0 Å². The Balaban J connectivity index is 1.73. The summed E-state index contributed by atoms with van der Waals surface area (Å²) in [6.07, 6.45) is 8.14. The first-order chi connectivity index (χ1) is 11.5. The van der Waals surface area contributed by atoms with Crippen LogP contribution >= 0.6 is 0 Å². The topological polar surface area (TPSA) is 84.6 Å². The van der Waals surface area contributed by atoms with Crippen LogP contribution in [0.2, 0.25) is 0 Å². The van der Waals surface area contributed by atoms with E-state index >= 15 is 0 Å². The molecule has 1 aliphatic carbocycles. The minimum absolute atomic E-state index is 0.0925. The van der Waals surface area contributed by atoms with Gasteiger partial charge in [0.25, 0.3) is 0 Å². The predicted octanol–water partition coefficient (Wildman–Crippen LogP) is 2.24. The smallest absolute Gasteiger partial charge is 0.207 e. The molecule has 120 valence electrons. The van der Waals surface area contributed by atoms with Crippen molar-refractivity contribution in [3.8, 4) is 0 Å². The lowest BCUT2D eigenvalue weighted by Crippen LogP contribution is -2.47. The molecule has 4 rings (SSSR count). The van der Waals surface area contributed by atoms with Gasteiger partial charge in [-0.25, -0.2) is 0 Å². The van der Waals surface area contributed by atoms with Crippen LogP contribution in [0.4, 0.5) is 5.69 Å². The maximum atomic E-state index is 12.8. The highest BCUT2D eigenvalue weighted by atomic mass is 16.1. The maximum absolute atomic E-state index is 12.8. The molecule has 1 unspecified atom stereocenters. The number of anilines is 1. The summed E-state index contributed by atoms with van der Waals surface area (Å²) in [6.45, 7) is 1.86. The number of carbonyl (C=O) groups excluding carboxylic acids is 2. The Kier molecular flexibility index (Phi) is 3.06. The molecule has 1 aromatic rings. The van der Waals surface area contributed by atoms with E-state index in [2.05, 4.69) is 10.3 Å². The van der Waals surface area contributed by atoms with Crippen LogP contribution in [-0.4, -0.2) is 22.8 Å². The first-order valence-electron chi connectivity index (χ1n) is 7.90. The van der Waals surface area contributed by atoms with E-state index in [-0.39, 0.29) is 11.6 Å². The third kappa shape index (κ3) is 2.05. The summed E-state index contributed by atoms with van der Waals surface area (Å²) in [5.74, 6) is -0.192. The number of hydrogen-bond donors (Lipinski definition) is 2. The summed E-state index contributed by atoms with van der Waals surface area (Å²) in [5, 5.41) is 3.31. The van der Waals surface area contributed by atoms with Gasteiger partial charge in [0.2, 0.25) is 5.78 Å². The van der Waals surface area contributed by atoms with Crippen LogP contribution in [-0.2, 0) is 4.79 Å². The molecular weight excluding hydrogens is 302 g/mol. The van der Waals surface area contributed by atoms with E-state index in [1.54, 1.807) is 24.3 Å². The van der Waals surface area contributed by atoms with Crippen molar-refractivity contribution in [1.29, 1.82) is 0 Å². The van der Waals surface area contributed by atoms with E-state index in [1.165, 1.54) is 6.08 Å². The zero-order valence-electron chi connectivity index (χ0n) is 13.3. The molecule has 0 bridgehead atoms. The largest absolute Gasteiger partial charge is 0.399 e. The van der Waals surface area contributed by atoms with Gasteiger partial charge in [0, 0.05) is 17.3 Å². The number of nitrogens with two attached hydrogens (primary N) is 1. The molecule has 1 atom stereocenters. The first-order valence-corrected chi connectivity index (χ1v) is 7.90. The molecule has 3 aliphatic rings. The molecule has 0 amide bonds. The molecule has 0 radical (unpaired) electrons. The second-order valence-corrected chi connectivity index (χ2v) is 6.38. The molecule has 1 spiro atoms. The summed E-state index contributed by atoms with van der Waals surface area (Å²) in [6, 6.07) is 5.24. The number of carbonyl (C=O) groups is 2. The lowest BCUT2D eigenvalue weighted by molar-refractivity contribution is -0.110. The van der Waals surface area contributed by atoms with Gasteiger partial charge in [0.05, 0.1) is 11.4 Å². The Morgan fingerprint density at radius 1 is 1.33 bits per heavy atom. The van der Waals surface area contributed by atoms with E-state index in [0.29, 0.717) is 35.5 Å². The van der Waals surface area contributed by atoms with Crippen LogP contribution in [0.3, 0.4) is 0 Å². The summed E-state index contributed by atoms with van der Waals surface area (Å²) in [7, 11) is 0. The van der Waals surface area contributed by atoms with Crippen molar-refractivity contribution in [2.75, 3.05) is 5.73 Å². The van der Waals surface area contributed by atoms with Crippen molar-refractivity contribution >= 4 is 23.0 Å². The van der Waals surface area contributed by atoms with Gasteiger partial charge >= 0.3 is 0 Å². The van der Waals surface area contributed by atoms with Crippen molar-refractivity contribution in [2.45, 2.75) is 25.3 Å². The fraction of sp³-hybridized carbons (Fsp3) is 0.211. The zero-order chi connectivity index (χ0) is 16.9. The number of rotatable bonds is 2. The van der Waals surface area contributed by atoms with Gasteiger partial charge in [-0.2, -0.15) is 0 Å². The van der Waals surface area contributed by atoms with Crippen LogP contribution in [0, 0.1) is 6.92 Å². The molecule has 5 nitrogen and oxygen atoms in total. The summed E-state index contributed by atoms with van der Waals surface area (Å²) in [5.41, 5.74) is 9.41. The van der Waals surface area contributed by atoms with Crippen molar-refractivity contribution in [3.63, 3.8) is 0 Å². The standard InChI is InChI=1S/C19H17N3O2/c1-11-8-13(20)2-3-15(11)18(24)16-4-6-19-12(5-7-21-19)9-14(23)10-17(19)22-16/h2-3,5,7-10,21H,4,6,20H2,1H3. The van der Waals surface area contributed by atoms with E-state index in [4.69, 9.17) is 5.73 Å². The van der Waals surface area contributed by atoms with Gasteiger partial charge in [0.15, 0.2) is 5.78 Å². The molecule has 3 N–H and O–H groups in total. The van der Waals surface area contributed by atoms with Crippen LogP contribution < -0.4 is 11.1 Å². The minimum atomic E-state index is -0.451. The number of nitrogen functional groups attached to an aromatic ring is 1. The van der Waals surface area contributed by atoms with Crippen molar-refractivity contribution in [1.82, 2.24) is 5.32 Å². The minimum Gasteiger partial charge on any atom is -0.399 e. The highest BCUT2D eigenvalue weighted by Gasteiger charge is 2.45. The monoisotopic (exact) mass is 319 g/mol. The Hall–Kier alpha value is -2.95. The molecule has 0 saturated heterocycles. The van der Waals surface area contributed by atoms with Gasteiger partial charge in [0.1, 0.15) is 5.54 Å². The number of allylic oxidation sites excluding steroid dienone is 2. The van der Waals surface area contributed by atoms with Gasteiger partial charge in [-0.3, -0.25) is 14.6 Å². The summed E-state index contributed by atoms with van der Waals surface area (Å²) >= 11 is 0. The SMILES string of the molecule is Cc1cc(N)ccc1C(=O)C1=NC2=CC(=O)C=C3C=CNC32CC1. The van der Waals surface area contributed by atoms with Crippen LogP contribution in [0.25, 0.3) is 0 Å².